The minimum Gasteiger partial charge on any atom is -0.391 e. The first-order chi connectivity index (χ1) is 9.72. The van der Waals surface area contributed by atoms with Crippen LogP contribution >= 0.6 is 0 Å². The Hall–Kier alpha value is -1.99. The van der Waals surface area contributed by atoms with E-state index in [4.69, 9.17) is 16.9 Å². The minimum atomic E-state index is -1.88. The summed E-state index contributed by atoms with van der Waals surface area (Å²) in [6, 6.07) is 0. The molecule has 2 rings (SSSR count). The van der Waals surface area contributed by atoms with Crippen LogP contribution in [0.5, 0.6) is 0 Å². The number of ether oxygens (including phenoxy) is 1. The van der Waals surface area contributed by atoms with E-state index >= 15 is 0 Å². The Balaban J connectivity index is 2.58. The van der Waals surface area contributed by atoms with Crippen molar-refractivity contribution in [3.05, 3.63) is 32.9 Å². The fourth-order valence-electron chi connectivity index (χ4n) is 2.22. The summed E-state index contributed by atoms with van der Waals surface area (Å²) >= 11 is 0. The summed E-state index contributed by atoms with van der Waals surface area (Å²) in [4.78, 5) is 24.5. The zero-order valence-corrected chi connectivity index (χ0v) is 11.0. The zero-order chi connectivity index (χ0) is 15.9. The normalized spacial score (nSPS) is 33.6. The number of aromatic amines is 1. The van der Waals surface area contributed by atoms with E-state index in [2.05, 4.69) is 5.92 Å². The van der Waals surface area contributed by atoms with Gasteiger partial charge in [-0.3, -0.25) is 14.3 Å². The van der Waals surface area contributed by atoms with Crippen LogP contribution in [0.2, 0.25) is 0 Å². The molecule has 1 fully saturated rings. The smallest absolute Gasteiger partial charge is 0.330 e. The molecule has 0 aliphatic carbocycles. The second kappa shape index (κ2) is 5.09. The highest BCUT2D eigenvalue weighted by atomic mass is 19.1. The second-order valence-corrected chi connectivity index (χ2v) is 4.86. The predicted molar refractivity (Wildman–Crippen MR) is 68.6 cm³/mol. The molecule has 0 saturated carbocycles. The van der Waals surface area contributed by atoms with E-state index in [1.54, 1.807) is 4.98 Å². The van der Waals surface area contributed by atoms with Crippen LogP contribution in [0, 0.1) is 18.2 Å². The molecule has 9 heteroatoms. The number of rotatable bonds is 2. The molecule has 21 heavy (non-hydrogen) atoms. The van der Waals surface area contributed by atoms with E-state index in [-0.39, 0.29) is 0 Å². The highest BCUT2D eigenvalue weighted by Crippen LogP contribution is 2.36. The lowest BCUT2D eigenvalue weighted by Crippen LogP contribution is -2.55. The lowest BCUT2D eigenvalue weighted by Gasteiger charge is -2.27. The van der Waals surface area contributed by atoms with Crippen molar-refractivity contribution >= 4 is 0 Å². The van der Waals surface area contributed by atoms with E-state index in [9.17, 15) is 24.2 Å². The average molecular weight is 299 g/mol. The summed E-state index contributed by atoms with van der Waals surface area (Å²) in [5.41, 5.74) is 1.78. The molecular formula is C12H14FN3O5. The Morgan fingerprint density at radius 3 is 2.81 bits per heavy atom. The highest BCUT2D eigenvalue weighted by Gasteiger charge is 2.55. The molecule has 8 nitrogen and oxygen atoms in total. The molecular weight excluding hydrogens is 285 g/mol. The maximum Gasteiger partial charge on any atom is 0.330 e. The molecule has 5 N–H and O–H groups in total. The van der Waals surface area contributed by atoms with Crippen LogP contribution in [0.3, 0.4) is 0 Å². The van der Waals surface area contributed by atoms with E-state index < -0.39 is 47.1 Å². The van der Waals surface area contributed by atoms with Crippen molar-refractivity contribution in [1.82, 2.24) is 9.55 Å². The van der Waals surface area contributed by atoms with E-state index in [0.717, 1.165) is 0 Å². The molecule has 0 aromatic carbocycles. The maximum absolute atomic E-state index is 13.4. The monoisotopic (exact) mass is 299 g/mol. The van der Waals surface area contributed by atoms with Gasteiger partial charge in [0.2, 0.25) is 5.82 Å². The molecule has 5 atom stereocenters. The van der Waals surface area contributed by atoms with E-state index in [0.29, 0.717) is 10.8 Å². The molecule has 0 radical (unpaired) electrons. The number of nitrogens with two attached hydrogens (primary N) is 1. The van der Waals surface area contributed by atoms with Gasteiger partial charge < -0.3 is 20.7 Å². The fraction of sp³-hybridized carbons (Fsp3) is 0.500. The number of aliphatic hydroxyl groups is 2. The van der Waals surface area contributed by atoms with Gasteiger partial charge in [-0.1, -0.05) is 5.92 Å². The number of nitrogens with one attached hydrogen (secondary N) is 1. The number of nitrogens with zero attached hydrogens (tertiary/aromatic N) is 1. The van der Waals surface area contributed by atoms with Crippen LogP contribution in [0.15, 0.2) is 15.8 Å². The van der Waals surface area contributed by atoms with Gasteiger partial charge in [0.1, 0.15) is 12.2 Å². The first kappa shape index (κ1) is 15.4. The van der Waals surface area contributed by atoms with Crippen molar-refractivity contribution in [3.63, 3.8) is 0 Å². The fourth-order valence-corrected chi connectivity index (χ4v) is 2.22. The van der Waals surface area contributed by atoms with Gasteiger partial charge in [0.15, 0.2) is 11.8 Å². The molecule has 0 bridgehead atoms. The largest absolute Gasteiger partial charge is 0.391 e. The molecule has 1 saturated heterocycles. The number of H-pyrrole nitrogens is 1. The molecule has 2 heterocycles. The third kappa shape index (κ3) is 2.28. The second-order valence-electron chi connectivity index (χ2n) is 4.86. The first-order valence-corrected chi connectivity index (χ1v) is 6.01. The van der Waals surface area contributed by atoms with E-state index in [1.807, 2.05) is 0 Å². The summed E-state index contributed by atoms with van der Waals surface area (Å²) in [6.07, 6.45) is 0.631. The number of aliphatic hydroxyl groups excluding tert-OH is 2. The minimum absolute atomic E-state index is 0.585. The summed E-state index contributed by atoms with van der Waals surface area (Å²) in [7, 11) is 0. The predicted octanol–water partition coefficient (Wildman–Crippen LogP) is -2.35. The molecule has 1 aromatic heterocycles. The van der Waals surface area contributed by atoms with E-state index in [1.165, 1.54) is 6.92 Å². The lowest BCUT2D eigenvalue weighted by molar-refractivity contribution is -0.0781. The number of hydrogen-bond acceptors (Lipinski definition) is 6. The third-order valence-electron chi connectivity index (χ3n) is 3.40. The standard InChI is InChI=1S/C12H14FN3O5/c1-3-12(14)8(18)7(5(2)17)21-10(12)16-4-6(13)9(19)15-11(16)20/h1,4-5,7-8,10,17-18H,14H2,2H3,(H,15,19,20)/t5-,7-,8+,10-,12?/m1/s1. The summed E-state index contributed by atoms with van der Waals surface area (Å²) in [5, 5.41) is 19.6. The number of halogens is 1. The molecule has 1 aliphatic rings. The molecule has 0 spiro atoms. The molecule has 0 amide bonds. The molecule has 114 valence electrons. The summed E-state index contributed by atoms with van der Waals surface area (Å²) in [5.74, 6) is 0.859. The van der Waals surface area contributed by atoms with Gasteiger partial charge in [-0.2, -0.15) is 4.39 Å². The van der Waals surface area contributed by atoms with Crippen LogP contribution in [-0.2, 0) is 4.74 Å². The number of aromatic nitrogens is 2. The quantitative estimate of drug-likeness (QED) is 0.452. The molecule has 1 unspecified atom stereocenters. The van der Waals surface area contributed by atoms with Crippen LogP contribution in [0.25, 0.3) is 0 Å². The van der Waals surface area contributed by atoms with Gasteiger partial charge in [-0.15, -0.1) is 6.42 Å². The van der Waals surface area contributed by atoms with Crippen molar-refractivity contribution in [2.24, 2.45) is 5.73 Å². The maximum atomic E-state index is 13.4. The average Bonchev–Trinajstić information content (AvgIpc) is 2.68. The van der Waals surface area contributed by atoms with Crippen molar-refractivity contribution in [3.8, 4) is 12.3 Å². The van der Waals surface area contributed by atoms with Gasteiger partial charge in [0.25, 0.3) is 5.56 Å². The van der Waals surface area contributed by atoms with Crippen LogP contribution < -0.4 is 17.0 Å². The lowest BCUT2D eigenvalue weighted by atomic mass is 9.90. The van der Waals surface area contributed by atoms with Crippen LogP contribution in [-0.4, -0.2) is 43.6 Å². The van der Waals surface area contributed by atoms with Crippen molar-refractivity contribution < 1.29 is 19.3 Å². The Bertz CT molecular complexity index is 706. The van der Waals surface area contributed by atoms with Crippen molar-refractivity contribution in [1.29, 1.82) is 0 Å². The molecule has 1 aliphatic heterocycles. The highest BCUT2D eigenvalue weighted by molar-refractivity contribution is 5.23. The Morgan fingerprint density at radius 1 is 1.67 bits per heavy atom. The van der Waals surface area contributed by atoms with Gasteiger partial charge in [-0.25, -0.2) is 4.79 Å². The van der Waals surface area contributed by atoms with Gasteiger partial charge in [0, 0.05) is 0 Å². The topological polar surface area (TPSA) is 131 Å². The summed E-state index contributed by atoms with van der Waals surface area (Å²) in [6.45, 7) is 1.34. The Kier molecular flexibility index (Phi) is 3.73. The number of terminal acetylenes is 1. The van der Waals surface area contributed by atoms with Gasteiger partial charge in [0.05, 0.1) is 12.3 Å². The number of hydrogen-bond donors (Lipinski definition) is 4. The third-order valence-corrected chi connectivity index (χ3v) is 3.40. The zero-order valence-electron chi connectivity index (χ0n) is 11.0. The van der Waals surface area contributed by atoms with Crippen LogP contribution in [0.1, 0.15) is 13.2 Å². The Morgan fingerprint density at radius 2 is 2.29 bits per heavy atom. The van der Waals surface area contributed by atoms with Crippen molar-refractivity contribution in [2.75, 3.05) is 0 Å². The Labute approximate surface area is 118 Å². The molecule has 1 aromatic rings. The van der Waals surface area contributed by atoms with Crippen LogP contribution in [0.4, 0.5) is 4.39 Å². The van der Waals surface area contributed by atoms with Gasteiger partial charge >= 0.3 is 5.69 Å². The van der Waals surface area contributed by atoms with Gasteiger partial charge in [-0.05, 0) is 6.92 Å². The SMILES string of the molecule is C#CC1(N)[C@@H](O)[C@@H]([C@@H](C)O)O[C@H]1n1cc(F)c(=O)[nH]c1=O. The van der Waals surface area contributed by atoms with Crippen molar-refractivity contribution in [2.45, 2.75) is 37.0 Å². The first-order valence-electron chi connectivity index (χ1n) is 6.01. The summed E-state index contributed by atoms with van der Waals surface area (Å²) < 4.78 is 19.3.